The average molecular weight is 206 g/mol. The van der Waals surface area contributed by atoms with Crippen LogP contribution in [0.25, 0.3) is 0 Å². The standard InChI is InChI=1S/C12H18N2O/c1-2-3-4-5-12(15)11-10-13-6-8-14(11)9-7-13/h1,11H,3-10H2. The Kier molecular flexibility index (Phi) is 3.40. The number of ketones is 1. The van der Waals surface area contributed by atoms with Gasteiger partial charge in [-0.15, -0.1) is 12.3 Å². The van der Waals surface area contributed by atoms with Gasteiger partial charge in [0.15, 0.2) is 5.78 Å². The number of rotatable bonds is 4. The van der Waals surface area contributed by atoms with Crippen LogP contribution in [-0.2, 0) is 4.79 Å². The summed E-state index contributed by atoms with van der Waals surface area (Å²) < 4.78 is 0. The van der Waals surface area contributed by atoms with E-state index in [1.807, 2.05) is 0 Å². The summed E-state index contributed by atoms with van der Waals surface area (Å²) in [5.74, 6) is 2.97. The van der Waals surface area contributed by atoms with Crippen LogP contribution in [0.2, 0.25) is 0 Å². The minimum absolute atomic E-state index is 0.158. The molecule has 3 aliphatic rings. The molecule has 0 radical (unpaired) electrons. The molecule has 3 fully saturated rings. The van der Waals surface area contributed by atoms with Crippen LogP contribution in [0.15, 0.2) is 0 Å². The van der Waals surface area contributed by atoms with Gasteiger partial charge >= 0.3 is 0 Å². The molecule has 3 saturated heterocycles. The molecule has 0 amide bonds. The van der Waals surface area contributed by atoms with Crippen molar-refractivity contribution in [3.05, 3.63) is 0 Å². The number of nitrogens with zero attached hydrogens (tertiary/aromatic N) is 2. The zero-order valence-corrected chi connectivity index (χ0v) is 9.11. The number of hydrogen-bond acceptors (Lipinski definition) is 3. The Morgan fingerprint density at radius 2 is 2.07 bits per heavy atom. The SMILES string of the molecule is C#CCCCC(=O)C1CN2CCN1CC2. The van der Waals surface area contributed by atoms with Crippen LogP contribution in [0, 0.1) is 12.3 Å². The number of hydrogen-bond donors (Lipinski definition) is 0. The highest BCUT2D eigenvalue weighted by atomic mass is 16.1. The molecule has 0 spiro atoms. The molecule has 3 heterocycles. The molecule has 0 aromatic heterocycles. The van der Waals surface area contributed by atoms with Crippen molar-refractivity contribution in [2.24, 2.45) is 0 Å². The largest absolute Gasteiger partial charge is 0.299 e. The number of Topliss-reactive ketones (excluding diaryl/α,β-unsaturated/α-hetero) is 1. The van der Waals surface area contributed by atoms with Gasteiger partial charge in [0.25, 0.3) is 0 Å². The average Bonchev–Trinajstić information content (AvgIpc) is 2.30. The molecular weight excluding hydrogens is 188 g/mol. The zero-order valence-electron chi connectivity index (χ0n) is 9.11. The lowest BCUT2D eigenvalue weighted by atomic mass is 10.00. The van der Waals surface area contributed by atoms with Crippen LogP contribution >= 0.6 is 0 Å². The lowest BCUT2D eigenvalue weighted by molar-refractivity contribution is -0.129. The lowest BCUT2D eigenvalue weighted by Gasteiger charge is -2.46. The Morgan fingerprint density at radius 3 is 2.60 bits per heavy atom. The van der Waals surface area contributed by atoms with Gasteiger partial charge in [-0.2, -0.15) is 0 Å². The van der Waals surface area contributed by atoms with E-state index in [0.717, 1.165) is 45.6 Å². The molecule has 0 saturated carbocycles. The molecule has 3 aliphatic heterocycles. The zero-order chi connectivity index (χ0) is 10.7. The maximum Gasteiger partial charge on any atom is 0.151 e. The van der Waals surface area contributed by atoms with E-state index >= 15 is 0 Å². The van der Waals surface area contributed by atoms with Gasteiger partial charge in [-0.1, -0.05) is 0 Å². The second-order valence-corrected chi connectivity index (χ2v) is 4.38. The smallest absolute Gasteiger partial charge is 0.151 e. The van der Waals surface area contributed by atoms with E-state index in [2.05, 4.69) is 15.7 Å². The summed E-state index contributed by atoms with van der Waals surface area (Å²) >= 11 is 0. The summed E-state index contributed by atoms with van der Waals surface area (Å²) in [6, 6.07) is 0.158. The van der Waals surface area contributed by atoms with E-state index in [-0.39, 0.29) is 6.04 Å². The molecule has 1 unspecified atom stereocenters. The van der Waals surface area contributed by atoms with Crippen LogP contribution in [0.5, 0.6) is 0 Å². The van der Waals surface area contributed by atoms with Crippen molar-refractivity contribution in [3.63, 3.8) is 0 Å². The van der Waals surface area contributed by atoms with Crippen molar-refractivity contribution >= 4 is 5.78 Å². The minimum atomic E-state index is 0.158. The predicted molar refractivity (Wildman–Crippen MR) is 59.5 cm³/mol. The van der Waals surface area contributed by atoms with Crippen LogP contribution in [-0.4, -0.2) is 54.3 Å². The van der Waals surface area contributed by atoms with Crippen molar-refractivity contribution in [3.8, 4) is 12.3 Å². The van der Waals surface area contributed by atoms with Crippen molar-refractivity contribution in [1.29, 1.82) is 0 Å². The molecule has 3 nitrogen and oxygen atoms in total. The number of piperazine rings is 3. The van der Waals surface area contributed by atoms with Crippen molar-refractivity contribution in [2.45, 2.75) is 25.3 Å². The van der Waals surface area contributed by atoms with Crippen LogP contribution in [0.3, 0.4) is 0 Å². The Hall–Kier alpha value is -0.850. The van der Waals surface area contributed by atoms with Gasteiger partial charge in [0.05, 0.1) is 6.04 Å². The van der Waals surface area contributed by atoms with E-state index < -0.39 is 0 Å². The van der Waals surface area contributed by atoms with Gasteiger partial charge < -0.3 is 0 Å². The minimum Gasteiger partial charge on any atom is -0.299 e. The summed E-state index contributed by atoms with van der Waals surface area (Å²) in [4.78, 5) is 16.7. The number of terminal acetylenes is 1. The molecule has 2 bridgehead atoms. The maximum absolute atomic E-state index is 11.9. The van der Waals surface area contributed by atoms with Gasteiger partial charge in [-0.05, 0) is 6.42 Å². The summed E-state index contributed by atoms with van der Waals surface area (Å²) in [6.07, 6.45) is 7.40. The Labute approximate surface area is 91.4 Å². The highest BCUT2D eigenvalue weighted by Crippen LogP contribution is 2.17. The molecule has 3 rings (SSSR count). The van der Waals surface area contributed by atoms with Gasteiger partial charge in [0.1, 0.15) is 0 Å². The summed E-state index contributed by atoms with van der Waals surface area (Å²) in [5.41, 5.74) is 0. The molecule has 1 atom stereocenters. The molecule has 15 heavy (non-hydrogen) atoms. The number of carbonyl (C=O) groups excluding carboxylic acids is 1. The first-order valence-electron chi connectivity index (χ1n) is 5.74. The van der Waals surface area contributed by atoms with Crippen LogP contribution in [0.4, 0.5) is 0 Å². The third-order valence-electron chi connectivity index (χ3n) is 3.39. The maximum atomic E-state index is 11.9. The highest BCUT2D eigenvalue weighted by Gasteiger charge is 2.35. The summed E-state index contributed by atoms with van der Waals surface area (Å²) in [7, 11) is 0. The monoisotopic (exact) mass is 206 g/mol. The highest BCUT2D eigenvalue weighted by molar-refractivity contribution is 5.84. The van der Waals surface area contributed by atoms with Crippen molar-refractivity contribution < 1.29 is 4.79 Å². The van der Waals surface area contributed by atoms with E-state index in [1.54, 1.807) is 0 Å². The molecule has 3 heteroatoms. The van der Waals surface area contributed by atoms with Gasteiger partial charge in [0, 0.05) is 45.6 Å². The second kappa shape index (κ2) is 4.78. The van der Waals surface area contributed by atoms with Gasteiger partial charge in [0.2, 0.25) is 0 Å². The predicted octanol–water partition coefficient (Wildman–Crippen LogP) is 0.359. The first kappa shape index (κ1) is 10.7. The van der Waals surface area contributed by atoms with Crippen LogP contribution in [0.1, 0.15) is 19.3 Å². The number of fused-ring (bicyclic) bond motifs is 3. The van der Waals surface area contributed by atoms with Gasteiger partial charge in [-0.25, -0.2) is 0 Å². The van der Waals surface area contributed by atoms with Crippen LogP contribution < -0.4 is 0 Å². The molecule has 0 aromatic rings. The second-order valence-electron chi connectivity index (χ2n) is 4.38. The van der Waals surface area contributed by atoms with E-state index in [1.165, 1.54) is 0 Å². The molecule has 82 valence electrons. The molecule has 0 aromatic carbocycles. The number of carbonyl (C=O) groups is 1. The fraction of sp³-hybridized carbons (Fsp3) is 0.750. The Morgan fingerprint density at radius 1 is 1.33 bits per heavy atom. The number of unbranched alkanes of at least 4 members (excludes halogenated alkanes) is 1. The normalized spacial score (nSPS) is 33.7. The fourth-order valence-electron chi connectivity index (χ4n) is 2.45. The molecular formula is C12H18N2O. The van der Waals surface area contributed by atoms with Crippen molar-refractivity contribution in [2.75, 3.05) is 32.7 Å². The lowest BCUT2D eigenvalue weighted by Crippen LogP contribution is -2.63. The summed E-state index contributed by atoms with van der Waals surface area (Å²) in [5, 5.41) is 0. The van der Waals surface area contributed by atoms with Crippen molar-refractivity contribution in [1.82, 2.24) is 9.80 Å². The topological polar surface area (TPSA) is 23.6 Å². The van der Waals surface area contributed by atoms with E-state index in [9.17, 15) is 4.79 Å². The fourth-order valence-corrected chi connectivity index (χ4v) is 2.45. The quantitative estimate of drug-likeness (QED) is 0.490. The Bertz CT molecular complexity index is 274. The third-order valence-corrected chi connectivity index (χ3v) is 3.39. The first-order chi connectivity index (χ1) is 7.31. The molecule has 0 N–H and O–H groups in total. The molecule has 0 aliphatic carbocycles. The van der Waals surface area contributed by atoms with Gasteiger partial charge in [-0.3, -0.25) is 14.6 Å². The van der Waals surface area contributed by atoms with E-state index in [0.29, 0.717) is 12.2 Å². The first-order valence-corrected chi connectivity index (χ1v) is 5.74. The van der Waals surface area contributed by atoms with E-state index in [4.69, 9.17) is 6.42 Å². The third kappa shape index (κ3) is 2.39. The summed E-state index contributed by atoms with van der Waals surface area (Å²) in [6.45, 7) is 5.33. The Balaban J connectivity index is 1.83.